The number of amides is 2. The van der Waals surface area contributed by atoms with E-state index in [4.69, 9.17) is 4.74 Å². The number of carbonyl (C=O) groups is 3. The van der Waals surface area contributed by atoms with Gasteiger partial charge in [0.05, 0.1) is 13.0 Å². The Hall–Kier alpha value is -3.20. The van der Waals surface area contributed by atoms with Gasteiger partial charge < -0.3 is 20.1 Å². The van der Waals surface area contributed by atoms with Gasteiger partial charge in [-0.1, -0.05) is 51.1 Å². The van der Waals surface area contributed by atoms with Crippen molar-refractivity contribution in [2.45, 2.75) is 77.0 Å². The standard InChI is InChI=1S/C29H37F6N3O5S/c1-16(2)21(38(4)24(40)14-23(28(30,31)32)29(33,34)35)13-22(39)26-37-20(15-44-26)25(41)36-19(11-17(3)27(42)43-5)12-18-9-7-6-8-10-18/h6-10,15-17,19,21-23,39H,11-14H2,1-5H3,(H,36,41)/t17-,19+,21?,22+/m0/s1. The molecular formula is C29H37F6N3O5S. The summed E-state index contributed by atoms with van der Waals surface area (Å²) in [5, 5.41) is 15.2. The van der Waals surface area contributed by atoms with Crippen LogP contribution in [0.5, 0.6) is 0 Å². The zero-order chi connectivity index (χ0) is 33.4. The number of ether oxygens (including phenoxy) is 1. The molecule has 246 valence electrons. The maximum atomic E-state index is 13.1. The maximum absolute atomic E-state index is 13.1. The van der Waals surface area contributed by atoms with E-state index in [-0.39, 0.29) is 23.5 Å². The van der Waals surface area contributed by atoms with Crippen LogP contribution in [0.2, 0.25) is 0 Å². The molecule has 15 heteroatoms. The quantitative estimate of drug-likeness (QED) is 0.200. The highest BCUT2D eigenvalue weighted by Gasteiger charge is 2.57. The fraction of sp³-hybridized carbons (Fsp3) is 0.586. The van der Waals surface area contributed by atoms with Crippen LogP contribution in [0, 0.1) is 17.8 Å². The molecule has 2 aromatic rings. The smallest absolute Gasteiger partial charge is 0.400 e. The summed E-state index contributed by atoms with van der Waals surface area (Å²) < 4.78 is 82.9. The van der Waals surface area contributed by atoms with Crippen LogP contribution in [0.25, 0.3) is 0 Å². The van der Waals surface area contributed by atoms with E-state index in [1.807, 2.05) is 30.3 Å². The van der Waals surface area contributed by atoms with Crippen LogP contribution in [0.1, 0.15) is 67.2 Å². The van der Waals surface area contributed by atoms with Gasteiger partial charge in [0.15, 0.2) is 5.92 Å². The Balaban J connectivity index is 2.15. The first kappa shape index (κ1) is 37.0. The summed E-state index contributed by atoms with van der Waals surface area (Å²) in [6.45, 7) is 4.89. The third kappa shape index (κ3) is 10.8. The molecule has 0 saturated heterocycles. The van der Waals surface area contributed by atoms with Crippen LogP contribution in [0.3, 0.4) is 0 Å². The number of nitrogens with one attached hydrogen (secondary N) is 1. The lowest BCUT2D eigenvalue weighted by atomic mass is 9.95. The van der Waals surface area contributed by atoms with Crippen molar-refractivity contribution >= 4 is 29.1 Å². The fourth-order valence-electron chi connectivity index (χ4n) is 4.75. The number of esters is 1. The van der Waals surface area contributed by atoms with Crippen molar-refractivity contribution in [3.8, 4) is 0 Å². The molecule has 0 aliphatic heterocycles. The van der Waals surface area contributed by atoms with E-state index in [0.29, 0.717) is 6.42 Å². The number of thiazole rings is 1. The van der Waals surface area contributed by atoms with Gasteiger partial charge in [-0.3, -0.25) is 14.4 Å². The molecule has 0 aliphatic rings. The van der Waals surface area contributed by atoms with E-state index >= 15 is 0 Å². The number of nitrogens with zero attached hydrogens (tertiary/aromatic N) is 2. The second-order valence-corrected chi connectivity index (χ2v) is 11.9. The summed E-state index contributed by atoms with van der Waals surface area (Å²) in [5.74, 6) is -7.17. The molecule has 0 fully saturated rings. The number of benzene rings is 1. The number of aliphatic hydroxyl groups is 1. The van der Waals surface area contributed by atoms with Crippen LogP contribution in [0.15, 0.2) is 35.7 Å². The number of methoxy groups -OCH3 is 1. The summed E-state index contributed by atoms with van der Waals surface area (Å²) in [4.78, 5) is 42.6. The van der Waals surface area contributed by atoms with Gasteiger partial charge in [-0.15, -0.1) is 11.3 Å². The molecule has 1 heterocycles. The van der Waals surface area contributed by atoms with E-state index in [2.05, 4.69) is 10.3 Å². The molecule has 1 aromatic carbocycles. The van der Waals surface area contributed by atoms with Gasteiger partial charge >= 0.3 is 18.3 Å². The molecule has 0 aliphatic carbocycles. The third-order valence-electron chi connectivity index (χ3n) is 7.24. The van der Waals surface area contributed by atoms with Gasteiger partial charge in [0.1, 0.15) is 16.8 Å². The Morgan fingerprint density at radius 2 is 1.61 bits per heavy atom. The average molecular weight is 654 g/mol. The largest absolute Gasteiger partial charge is 0.469 e. The zero-order valence-corrected chi connectivity index (χ0v) is 25.7. The van der Waals surface area contributed by atoms with E-state index < -0.39 is 72.5 Å². The number of alkyl halides is 6. The van der Waals surface area contributed by atoms with Crippen LogP contribution in [-0.4, -0.2) is 71.4 Å². The number of carbonyl (C=O) groups excluding carboxylic acids is 3. The molecule has 44 heavy (non-hydrogen) atoms. The molecule has 0 spiro atoms. The predicted octanol–water partition coefficient (Wildman–Crippen LogP) is 5.72. The zero-order valence-electron chi connectivity index (χ0n) is 24.9. The van der Waals surface area contributed by atoms with Gasteiger partial charge in [-0.05, 0) is 24.3 Å². The molecular weight excluding hydrogens is 616 g/mol. The highest BCUT2D eigenvalue weighted by atomic mass is 32.1. The lowest BCUT2D eigenvalue weighted by Crippen LogP contribution is -2.45. The molecule has 4 atom stereocenters. The van der Waals surface area contributed by atoms with Crippen molar-refractivity contribution in [2.24, 2.45) is 17.8 Å². The summed E-state index contributed by atoms with van der Waals surface area (Å²) in [7, 11) is 2.36. The number of hydrogen-bond acceptors (Lipinski definition) is 7. The van der Waals surface area contributed by atoms with Crippen LogP contribution in [0.4, 0.5) is 26.3 Å². The summed E-state index contributed by atoms with van der Waals surface area (Å²) in [6.07, 6.45) is -14.1. The molecule has 2 amide bonds. The minimum atomic E-state index is -5.66. The monoisotopic (exact) mass is 653 g/mol. The number of aliphatic hydroxyl groups excluding tert-OH is 1. The minimum absolute atomic E-state index is 0.0310. The number of aromatic nitrogens is 1. The highest BCUT2D eigenvalue weighted by Crippen LogP contribution is 2.42. The molecule has 2 N–H and O–H groups in total. The minimum Gasteiger partial charge on any atom is -0.469 e. The number of hydrogen-bond donors (Lipinski definition) is 2. The normalized spacial score (nSPS) is 15.0. The van der Waals surface area contributed by atoms with Gasteiger partial charge in [-0.25, -0.2) is 4.98 Å². The Labute approximate surface area is 255 Å². The molecule has 2 rings (SSSR count). The SMILES string of the molecule is COC(=O)[C@@H](C)C[C@H](Cc1ccccc1)NC(=O)c1csc([C@H](O)CC(C(C)C)N(C)C(=O)CC(C(F)(F)F)C(F)(F)F)n1. The second kappa shape index (κ2) is 15.7. The molecule has 1 aromatic heterocycles. The van der Waals surface area contributed by atoms with Crippen molar-refractivity contribution < 1.29 is 50.6 Å². The number of rotatable bonds is 14. The van der Waals surface area contributed by atoms with Crippen LogP contribution in [-0.2, 0) is 20.7 Å². The average Bonchev–Trinajstić information content (AvgIpc) is 3.43. The van der Waals surface area contributed by atoms with Gasteiger partial charge in [-0.2, -0.15) is 26.3 Å². The van der Waals surface area contributed by atoms with Crippen LogP contribution < -0.4 is 5.32 Å². The fourth-order valence-corrected chi connectivity index (χ4v) is 5.54. The highest BCUT2D eigenvalue weighted by molar-refractivity contribution is 7.09. The van der Waals surface area contributed by atoms with Gasteiger partial charge in [0, 0.05) is 37.4 Å². The second-order valence-electron chi connectivity index (χ2n) is 11.0. The van der Waals surface area contributed by atoms with Gasteiger partial charge in [0.2, 0.25) is 5.91 Å². The molecule has 0 saturated carbocycles. The summed E-state index contributed by atoms with van der Waals surface area (Å²) in [6, 6.07) is 7.86. The first-order valence-corrected chi connectivity index (χ1v) is 14.7. The number of halogens is 6. The van der Waals surface area contributed by atoms with E-state index in [1.165, 1.54) is 12.5 Å². The Bertz CT molecular complexity index is 1220. The van der Waals surface area contributed by atoms with E-state index in [0.717, 1.165) is 28.8 Å². The third-order valence-corrected chi connectivity index (χ3v) is 8.18. The van der Waals surface area contributed by atoms with Crippen molar-refractivity contribution in [1.82, 2.24) is 15.2 Å². The van der Waals surface area contributed by atoms with E-state index in [9.17, 15) is 45.8 Å². The molecule has 0 bridgehead atoms. The summed E-state index contributed by atoms with van der Waals surface area (Å²) >= 11 is 0.934. The van der Waals surface area contributed by atoms with Crippen molar-refractivity contribution in [3.63, 3.8) is 0 Å². The lowest BCUT2D eigenvalue weighted by Gasteiger charge is -2.34. The Kier molecular flexibility index (Phi) is 13.2. The predicted molar refractivity (Wildman–Crippen MR) is 151 cm³/mol. The lowest BCUT2D eigenvalue weighted by molar-refractivity contribution is -0.284. The molecule has 8 nitrogen and oxygen atoms in total. The van der Waals surface area contributed by atoms with Crippen molar-refractivity contribution in [1.29, 1.82) is 0 Å². The van der Waals surface area contributed by atoms with Crippen molar-refractivity contribution in [3.05, 3.63) is 52.0 Å². The van der Waals surface area contributed by atoms with E-state index in [1.54, 1.807) is 20.8 Å². The molecule has 1 unspecified atom stereocenters. The van der Waals surface area contributed by atoms with Crippen molar-refractivity contribution in [2.75, 3.05) is 14.2 Å². The first-order chi connectivity index (χ1) is 20.3. The topological polar surface area (TPSA) is 109 Å². The first-order valence-electron chi connectivity index (χ1n) is 13.8. The summed E-state index contributed by atoms with van der Waals surface area (Å²) in [5.41, 5.74) is 0.885. The Morgan fingerprint density at radius 3 is 2.14 bits per heavy atom. The van der Waals surface area contributed by atoms with Gasteiger partial charge in [0.25, 0.3) is 5.91 Å². The maximum Gasteiger partial charge on any atom is 0.400 e. The van der Waals surface area contributed by atoms with Crippen LogP contribution >= 0.6 is 11.3 Å². The molecule has 0 radical (unpaired) electrons. The Morgan fingerprint density at radius 1 is 1.02 bits per heavy atom.